The first-order chi connectivity index (χ1) is 18.9. The minimum atomic E-state index is -3.64. The third kappa shape index (κ3) is 6.62. The highest BCUT2D eigenvalue weighted by molar-refractivity contribution is 7.89. The number of ether oxygens (including phenoxy) is 3. The van der Waals surface area contributed by atoms with Crippen LogP contribution in [-0.4, -0.2) is 91.0 Å². The summed E-state index contributed by atoms with van der Waals surface area (Å²) < 4.78 is 71.7. The maximum atomic E-state index is 13.4. The Bertz CT molecular complexity index is 1410. The Balaban J connectivity index is 1.26. The first kappa shape index (κ1) is 30.7. The number of aliphatic hydroxyl groups is 1. The molecule has 3 N–H and O–H groups in total. The number of sulfonamides is 2. The number of hydrogen-bond donors (Lipinski definition) is 3. The van der Waals surface area contributed by atoms with Crippen molar-refractivity contribution in [2.75, 3.05) is 47.0 Å². The molecule has 0 bridgehead atoms. The van der Waals surface area contributed by atoms with Crippen LogP contribution >= 0.6 is 0 Å². The van der Waals surface area contributed by atoms with Crippen molar-refractivity contribution in [2.24, 2.45) is 0 Å². The van der Waals surface area contributed by atoms with Crippen molar-refractivity contribution in [3.8, 4) is 11.5 Å². The lowest BCUT2D eigenvalue weighted by molar-refractivity contribution is -0.0312. The maximum absolute atomic E-state index is 13.4. The van der Waals surface area contributed by atoms with E-state index in [1.165, 1.54) is 23.5 Å². The summed E-state index contributed by atoms with van der Waals surface area (Å²) in [7, 11) is -4.32. The fourth-order valence-electron chi connectivity index (χ4n) is 5.27. The highest BCUT2D eigenvalue weighted by Gasteiger charge is 2.45. The lowest BCUT2D eigenvalue weighted by atomic mass is 9.88. The van der Waals surface area contributed by atoms with Gasteiger partial charge in [0, 0.05) is 31.7 Å². The zero-order chi connectivity index (χ0) is 29.1. The summed E-state index contributed by atoms with van der Waals surface area (Å²) >= 11 is 0. The lowest BCUT2D eigenvalue weighted by Crippen LogP contribution is -2.47. The van der Waals surface area contributed by atoms with Crippen molar-refractivity contribution < 1.29 is 36.2 Å². The zero-order valence-electron chi connectivity index (χ0n) is 23.3. The van der Waals surface area contributed by atoms with Crippen molar-refractivity contribution >= 4 is 20.0 Å². The molecule has 2 fully saturated rings. The van der Waals surface area contributed by atoms with Crippen LogP contribution in [0.15, 0.2) is 46.2 Å². The summed E-state index contributed by atoms with van der Waals surface area (Å²) in [6.45, 7) is 5.15. The van der Waals surface area contributed by atoms with E-state index in [1.54, 1.807) is 38.3 Å². The molecule has 2 heterocycles. The maximum Gasteiger partial charge on any atom is 0.243 e. The van der Waals surface area contributed by atoms with Crippen molar-refractivity contribution in [2.45, 2.75) is 60.6 Å². The van der Waals surface area contributed by atoms with E-state index in [4.69, 9.17) is 14.2 Å². The molecule has 0 aliphatic carbocycles. The highest BCUT2D eigenvalue weighted by atomic mass is 32.2. The normalized spacial score (nSPS) is 20.5. The van der Waals surface area contributed by atoms with E-state index in [-0.39, 0.29) is 24.1 Å². The van der Waals surface area contributed by atoms with Gasteiger partial charge in [0.15, 0.2) is 0 Å². The molecule has 2 aromatic rings. The van der Waals surface area contributed by atoms with Crippen molar-refractivity contribution in [1.29, 1.82) is 0 Å². The fraction of sp³-hybridized carbons (Fsp3) is 0.556. The van der Waals surface area contributed by atoms with Crippen LogP contribution in [-0.2, 0) is 24.8 Å². The first-order valence-electron chi connectivity index (χ1n) is 13.3. The van der Waals surface area contributed by atoms with Crippen LogP contribution in [0.5, 0.6) is 11.5 Å². The van der Waals surface area contributed by atoms with E-state index in [0.717, 1.165) is 12.0 Å². The molecule has 4 rings (SSSR count). The van der Waals surface area contributed by atoms with E-state index >= 15 is 0 Å². The van der Waals surface area contributed by atoms with Gasteiger partial charge in [0.25, 0.3) is 0 Å². The molecule has 1 spiro atoms. The van der Waals surface area contributed by atoms with Crippen LogP contribution in [0.4, 0.5) is 0 Å². The molecule has 2 atom stereocenters. The number of hydrogen-bond acceptors (Lipinski definition) is 9. The molecule has 0 radical (unpaired) electrons. The van der Waals surface area contributed by atoms with Gasteiger partial charge in [0.05, 0.1) is 29.1 Å². The lowest BCUT2D eigenvalue weighted by Gasteiger charge is -2.38. The summed E-state index contributed by atoms with van der Waals surface area (Å²) in [6.07, 6.45) is 1.09. The van der Waals surface area contributed by atoms with Crippen molar-refractivity contribution in [3.63, 3.8) is 0 Å². The molecule has 40 heavy (non-hydrogen) atoms. The number of nitrogens with one attached hydrogen (secondary N) is 2. The Morgan fingerprint density at radius 1 is 1.12 bits per heavy atom. The molecule has 2 aliphatic rings. The predicted octanol–water partition coefficient (Wildman–Crippen LogP) is 1.56. The summed E-state index contributed by atoms with van der Waals surface area (Å²) in [4.78, 5) is 0.391. The van der Waals surface area contributed by atoms with E-state index < -0.39 is 31.8 Å². The summed E-state index contributed by atoms with van der Waals surface area (Å²) in [5.74, 6) is 1.01. The summed E-state index contributed by atoms with van der Waals surface area (Å²) in [5, 5.41) is 13.7. The molecule has 2 unspecified atom stereocenters. The van der Waals surface area contributed by atoms with Gasteiger partial charge in [0.1, 0.15) is 24.2 Å². The Morgan fingerprint density at radius 2 is 1.85 bits per heavy atom. The number of methoxy groups -OCH3 is 1. The quantitative estimate of drug-likeness (QED) is 0.352. The molecular formula is C27H39N3O8S2. The van der Waals surface area contributed by atoms with Gasteiger partial charge in [-0.1, -0.05) is 6.07 Å². The van der Waals surface area contributed by atoms with E-state index in [1.807, 2.05) is 6.92 Å². The number of rotatable bonds is 11. The van der Waals surface area contributed by atoms with Crippen LogP contribution in [0.25, 0.3) is 0 Å². The fourth-order valence-corrected chi connectivity index (χ4v) is 7.76. The van der Waals surface area contributed by atoms with Gasteiger partial charge in [-0.25, -0.2) is 21.6 Å². The molecule has 2 aliphatic heterocycles. The second-order valence-corrected chi connectivity index (χ2v) is 14.2. The monoisotopic (exact) mass is 597 g/mol. The Hall–Kier alpha value is -2.26. The van der Waals surface area contributed by atoms with Crippen LogP contribution in [0.2, 0.25) is 0 Å². The molecule has 13 heteroatoms. The molecule has 0 amide bonds. The Kier molecular flexibility index (Phi) is 9.45. The molecule has 0 saturated carbocycles. The van der Waals surface area contributed by atoms with Crippen LogP contribution < -0.4 is 19.5 Å². The second kappa shape index (κ2) is 12.3. The number of nitrogens with zero attached hydrogens (tertiary/aromatic N) is 1. The van der Waals surface area contributed by atoms with Gasteiger partial charge in [-0.3, -0.25) is 0 Å². The van der Waals surface area contributed by atoms with Crippen molar-refractivity contribution in [3.05, 3.63) is 47.5 Å². The van der Waals surface area contributed by atoms with Gasteiger partial charge < -0.3 is 24.6 Å². The largest absolute Gasteiger partial charge is 0.496 e. The Labute approximate surface area is 236 Å². The van der Waals surface area contributed by atoms with Crippen molar-refractivity contribution in [1.82, 2.24) is 14.3 Å². The number of aliphatic hydroxyl groups excluding tert-OH is 1. The second-order valence-electron chi connectivity index (χ2n) is 10.4. The first-order valence-corrected chi connectivity index (χ1v) is 16.2. The van der Waals surface area contributed by atoms with Crippen LogP contribution in [0, 0.1) is 13.8 Å². The van der Waals surface area contributed by atoms with Gasteiger partial charge in [-0.15, -0.1) is 0 Å². The number of piperidine rings is 1. The molecular weight excluding hydrogens is 558 g/mol. The SMILES string of the molecule is CNS(=O)(=O)c1cccc(OCC(O)CNC2COC3(CCN(S(=O)(=O)c4ccc(OC)c(C)c4C)CC3)C2)c1. The van der Waals surface area contributed by atoms with Gasteiger partial charge in [-0.2, -0.15) is 4.31 Å². The smallest absolute Gasteiger partial charge is 0.243 e. The minimum Gasteiger partial charge on any atom is -0.496 e. The molecule has 222 valence electrons. The van der Waals surface area contributed by atoms with E-state index in [9.17, 15) is 21.9 Å². The average molecular weight is 598 g/mol. The average Bonchev–Trinajstić information content (AvgIpc) is 3.34. The van der Waals surface area contributed by atoms with E-state index in [0.29, 0.717) is 54.5 Å². The van der Waals surface area contributed by atoms with Gasteiger partial charge in [0.2, 0.25) is 20.0 Å². The Morgan fingerprint density at radius 3 is 2.52 bits per heavy atom. The summed E-state index contributed by atoms with van der Waals surface area (Å²) in [6, 6.07) is 9.42. The third-order valence-corrected chi connectivity index (χ3v) is 11.3. The standard InChI is InChI=1S/C27H39N3O8S2/c1-19-20(2)26(9-8-25(19)36-4)40(34,35)30-12-10-27(11-13-30)15-21(17-38-27)29-16-22(31)18-37-23-6-5-7-24(14-23)39(32,33)28-3/h5-9,14,21-22,28-29,31H,10-13,15-18H2,1-4H3. The predicted molar refractivity (Wildman–Crippen MR) is 150 cm³/mol. The van der Waals surface area contributed by atoms with Crippen LogP contribution in [0.1, 0.15) is 30.4 Å². The van der Waals surface area contributed by atoms with Gasteiger partial charge >= 0.3 is 0 Å². The van der Waals surface area contributed by atoms with E-state index in [2.05, 4.69) is 10.0 Å². The molecule has 11 nitrogen and oxygen atoms in total. The van der Waals surface area contributed by atoms with Gasteiger partial charge in [-0.05, 0) is 75.5 Å². The molecule has 2 aromatic carbocycles. The molecule has 0 aromatic heterocycles. The zero-order valence-corrected chi connectivity index (χ0v) is 25.0. The topological polar surface area (TPSA) is 144 Å². The summed E-state index contributed by atoms with van der Waals surface area (Å²) in [5.41, 5.74) is 1.11. The highest BCUT2D eigenvalue weighted by Crippen LogP contribution is 2.38. The third-order valence-electron chi connectivity index (χ3n) is 7.84. The van der Waals surface area contributed by atoms with Crippen LogP contribution in [0.3, 0.4) is 0 Å². The number of benzene rings is 2. The molecule has 2 saturated heterocycles. The minimum absolute atomic E-state index is 0.00809.